The number of carbonyl (C=O) groups is 1. The van der Waals surface area contributed by atoms with Crippen molar-refractivity contribution in [1.82, 2.24) is 0 Å². The summed E-state index contributed by atoms with van der Waals surface area (Å²) < 4.78 is 26.5. The van der Waals surface area contributed by atoms with Crippen molar-refractivity contribution < 1.29 is 13.6 Å². The number of aldehydes is 1. The molecule has 3 atom stereocenters. The van der Waals surface area contributed by atoms with Crippen LogP contribution in [0.2, 0.25) is 0 Å². The van der Waals surface area contributed by atoms with E-state index in [0.29, 0.717) is 11.3 Å². The van der Waals surface area contributed by atoms with E-state index in [0.717, 1.165) is 23.5 Å². The molecular weight excluding hydrogens is 322 g/mol. The van der Waals surface area contributed by atoms with E-state index >= 15 is 0 Å². The Hall–Kier alpha value is -2.40. The number of hydrogen-bond donors (Lipinski definition) is 1. The lowest BCUT2D eigenvalue weighted by Crippen LogP contribution is -2.24. The van der Waals surface area contributed by atoms with Crippen molar-refractivity contribution in [2.75, 3.05) is 0 Å². The summed E-state index contributed by atoms with van der Waals surface area (Å²) in [6.45, 7) is 7.80. The van der Waals surface area contributed by atoms with Gasteiger partial charge in [0.15, 0.2) is 0 Å². The van der Waals surface area contributed by atoms with Crippen molar-refractivity contribution >= 4 is 12.5 Å². The molecule has 2 rings (SSSR count). The lowest BCUT2D eigenvalue weighted by atomic mass is 9.90. The Labute approximate surface area is 146 Å². The van der Waals surface area contributed by atoms with Crippen molar-refractivity contribution in [2.24, 2.45) is 22.6 Å². The minimum absolute atomic E-state index is 0.0271. The molecule has 1 aliphatic rings. The first-order valence-electron chi connectivity index (χ1n) is 8.12. The van der Waals surface area contributed by atoms with Crippen LogP contribution in [0, 0.1) is 23.5 Å². The zero-order chi connectivity index (χ0) is 18.6. The first-order chi connectivity index (χ1) is 11.8. The number of benzene rings is 1. The van der Waals surface area contributed by atoms with Gasteiger partial charge in [-0.05, 0) is 29.7 Å². The molecule has 0 heterocycles. The molecule has 2 N–H and O–H groups in total. The normalized spacial score (nSPS) is 19.5. The molecule has 0 saturated heterocycles. The highest BCUT2D eigenvalue weighted by Crippen LogP contribution is 2.30. The number of rotatable bonds is 7. The maximum atomic E-state index is 13.2. The molecule has 0 bridgehead atoms. The minimum Gasteiger partial charge on any atom is -0.322 e. The third kappa shape index (κ3) is 4.79. The third-order valence-corrected chi connectivity index (χ3v) is 4.40. The summed E-state index contributed by atoms with van der Waals surface area (Å²) in [4.78, 5) is 15.3. The molecule has 0 spiro atoms. The van der Waals surface area contributed by atoms with Gasteiger partial charge >= 0.3 is 0 Å². The fourth-order valence-corrected chi connectivity index (χ4v) is 2.85. The molecule has 0 fully saturated rings. The molecule has 5 heteroatoms. The summed E-state index contributed by atoms with van der Waals surface area (Å²) in [7, 11) is 0. The maximum Gasteiger partial charge on any atom is 0.146 e. The van der Waals surface area contributed by atoms with Gasteiger partial charge in [0.25, 0.3) is 0 Å². The summed E-state index contributed by atoms with van der Waals surface area (Å²) in [6.07, 6.45) is 6.60. The molecule has 0 radical (unpaired) electrons. The molecule has 3 nitrogen and oxygen atoms in total. The Morgan fingerprint density at radius 1 is 1.32 bits per heavy atom. The van der Waals surface area contributed by atoms with Crippen LogP contribution < -0.4 is 5.73 Å². The fourth-order valence-electron chi connectivity index (χ4n) is 2.85. The van der Waals surface area contributed by atoms with E-state index < -0.39 is 17.7 Å². The second kappa shape index (κ2) is 8.12. The second-order valence-electron chi connectivity index (χ2n) is 6.32. The van der Waals surface area contributed by atoms with E-state index in [1.807, 2.05) is 26.0 Å². The number of halogens is 2. The van der Waals surface area contributed by atoms with Crippen LogP contribution in [-0.2, 0) is 11.2 Å². The van der Waals surface area contributed by atoms with Crippen LogP contribution in [0.4, 0.5) is 8.78 Å². The number of hydrogen-bond acceptors (Lipinski definition) is 3. The predicted octanol–water partition coefficient (Wildman–Crippen LogP) is 3.76. The average Bonchev–Trinajstić information content (AvgIpc) is 2.92. The number of nitrogens with two attached hydrogens (primary N) is 1. The van der Waals surface area contributed by atoms with Crippen molar-refractivity contribution in [3.8, 4) is 0 Å². The van der Waals surface area contributed by atoms with E-state index in [2.05, 4.69) is 11.6 Å². The van der Waals surface area contributed by atoms with Gasteiger partial charge in [-0.15, -0.1) is 0 Å². The third-order valence-electron chi connectivity index (χ3n) is 4.40. The molecule has 132 valence electrons. The smallest absolute Gasteiger partial charge is 0.146 e. The highest BCUT2D eigenvalue weighted by Gasteiger charge is 2.21. The van der Waals surface area contributed by atoms with E-state index in [-0.39, 0.29) is 18.3 Å². The molecule has 2 unspecified atom stereocenters. The quantitative estimate of drug-likeness (QED) is 0.605. The van der Waals surface area contributed by atoms with Crippen LogP contribution in [0.3, 0.4) is 0 Å². The van der Waals surface area contributed by atoms with Crippen molar-refractivity contribution in [3.63, 3.8) is 0 Å². The lowest BCUT2D eigenvalue weighted by molar-refractivity contribution is -0.105. The summed E-state index contributed by atoms with van der Waals surface area (Å²) in [6, 6.07) is 2.78. The van der Waals surface area contributed by atoms with E-state index in [4.69, 9.17) is 5.73 Å². The SMILES string of the molecule is C=C(N=CC(C)C1=CC=C(C=O)C1C)[C@@H](N)Cc1cc(F)cc(F)c1. The van der Waals surface area contributed by atoms with Crippen LogP contribution >= 0.6 is 0 Å². The molecule has 25 heavy (non-hydrogen) atoms. The maximum absolute atomic E-state index is 13.2. The van der Waals surface area contributed by atoms with Crippen LogP contribution in [0.15, 0.2) is 58.8 Å². The van der Waals surface area contributed by atoms with Gasteiger partial charge in [-0.25, -0.2) is 8.78 Å². The van der Waals surface area contributed by atoms with Gasteiger partial charge in [-0.1, -0.05) is 38.2 Å². The zero-order valence-corrected chi connectivity index (χ0v) is 14.4. The Bertz CT molecular complexity index is 745. The first-order valence-corrected chi connectivity index (χ1v) is 8.12. The largest absolute Gasteiger partial charge is 0.322 e. The van der Waals surface area contributed by atoms with Crippen LogP contribution in [-0.4, -0.2) is 18.5 Å². The molecular formula is C20H22F2N2O. The highest BCUT2D eigenvalue weighted by molar-refractivity contribution is 5.79. The van der Waals surface area contributed by atoms with Gasteiger partial charge in [0, 0.05) is 29.8 Å². The Kier molecular flexibility index (Phi) is 6.15. The lowest BCUT2D eigenvalue weighted by Gasteiger charge is -2.16. The Morgan fingerprint density at radius 2 is 1.96 bits per heavy atom. The van der Waals surface area contributed by atoms with E-state index in [1.54, 1.807) is 6.21 Å². The van der Waals surface area contributed by atoms with Gasteiger partial charge in [0.2, 0.25) is 0 Å². The van der Waals surface area contributed by atoms with Crippen molar-refractivity contribution in [2.45, 2.75) is 26.3 Å². The van der Waals surface area contributed by atoms with Crippen molar-refractivity contribution in [1.29, 1.82) is 0 Å². The number of carbonyl (C=O) groups excluding carboxylic acids is 1. The van der Waals surface area contributed by atoms with E-state index in [9.17, 15) is 13.6 Å². The van der Waals surface area contributed by atoms with Gasteiger partial charge in [0.05, 0.1) is 6.04 Å². The fraction of sp³-hybridized carbons (Fsp3) is 0.300. The second-order valence-corrected chi connectivity index (χ2v) is 6.32. The Morgan fingerprint density at radius 3 is 2.52 bits per heavy atom. The zero-order valence-electron chi connectivity index (χ0n) is 14.4. The molecule has 0 aromatic heterocycles. The molecule has 1 aromatic rings. The molecule has 0 amide bonds. The molecule has 1 aliphatic carbocycles. The standard InChI is InChI=1S/C20H22F2N2O/c1-12(19-5-4-16(11-25)13(19)2)10-24-14(3)20(23)8-15-6-17(21)9-18(22)7-15/h4-7,9-13,20H,3,8,23H2,1-2H3/t12?,13?,20-/m0/s1. The van der Waals surface area contributed by atoms with Gasteiger partial charge in [-0.3, -0.25) is 9.79 Å². The topological polar surface area (TPSA) is 55.5 Å². The van der Waals surface area contributed by atoms with E-state index in [1.165, 1.54) is 12.1 Å². The number of allylic oxidation sites excluding steroid dienone is 4. The average molecular weight is 344 g/mol. The van der Waals surface area contributed by atoms with Gasteiger partial charge in [-0.2, -0.15) is 0 Å². The first kappa shape index (κ1) is 18.9. The van der Waals surface area contributed by atoms with Gasteiger partial charge in [0.1, 0.15) is 17.9 Å². The summed E-state index contributed by atoms with van der Waals surface area (Å²) in [5.41, 5.74) is 8.77. The molecule has 1 aromatic carbocycles. The highest BCUT2D eigenvalue weighted by atomic mass is 19.1. The molecule has 0 saturated carbocycles. The Balaban J connectivity index is 1.96. The van der Waals surface area contributed by atoms with Gasteiger partial charge < -0.3 is 5.73 Å². The minimum atomic E-state index is -0.634. The number of aliphatic imine (C=N–C) groups is 1. The van der Waals surface area contributed by atoms with Crippen LogP contribution in [0.5, 0.6) is 0 Å². The summed E-state index contributed by atoms with van der Waals surface area (Å²) in [5, 5.41) is 0. The predicted molar refractivity (Wildman–Crippen MR) is 96.2 cm³/mol. The van der Waals surface area contributed by atoms with Crippen LogP contribution in [0.1, 0.15) is 19.4 Å². The summed E-state index contributed by atoms with van der Waals surface area (Å²) >= 11 is 0. The summed E-state index contributed by atoms with van der Waals surface area (Å²) in [5.74, 6) is -1.17. The van der Waals surface area contributed by atoms with Crippen LogP contribution in [0.25, 0.3) is 0 Å². The number of nitrogens with zero attached hydrogens (tertiary/aromatic N) is 1. The monoisotopic (exact) mass is 344 g/mol. The van der Waals surface area contributed by atoms with Crippen molar-refractivity contribution in [3.05, 3.63) is 71.0 Å². The molecule has 0 aliphatic heterocycles.